The van der Waals surface area contributed by atoms with Gasteiger partial charge in [-0.3, -0.25) is 5.43 Å². The first-order chi connectivity index (χ1) is 10.2. The summed E-state index contributed by atoms with van der Waals surface area (Å²) in [5.74, 6) is 0.812. The highest BCUT2D eigenvalue weighted by Gasteiger charge is 2.13. The number of nitrogens with zero attached hydrogens (tertiary/aromatic N) is 1. The van der Waals surface area contributed by atoms with Gasteiger partial charge in [-0.1, -0.05) is 31.4 Å². The number of hydrogen-bond donors (Lipinski definition) is 2. The van der Waals surface area contributed by atoms with Crippen LogP contribution in [0.5, 0.6) is 5.75 Å². The van der Waals surface area contributed by atoms with Crippen LogP contribution in [0.25, 0.3) is 0 Å². The fourth-order valence-electron chi connectivity index (χ4n) is 2.60. The van der Waals surface area contributed by atoms with E-state index in [1.54, 1.807) is 7.11 Å². The molecule has 0 amide bonds. The first-order valence-electron chi connectivity index (χ1n) is 7.45. The highest BCUT2D eigenvalue weighted by molar-refractivity contribution is 7.80. The van der Waals surface area contributed by atoms with Crippen LogP contribution in [0.2, 0.25) is 0 Å². The summed E-state index contributed by atoms with van der Waals surface area (Å²) < 4.78 is 5.34. The third-order valence-corrected chi connectivity index (χ3v) is 3.97. The quantitative estimate of drug-likeness (QED) is 0.509. The molecular weight excluding hydrogens is 282 g/mol. The molecule has 0 heterocycles. The fourth-order valence-corrected chi connectivity index (χ4v) is 2.82. The van der Waals surface area contributed by atoms with E-state index in [-0.39, 0.29) is 0 Å². The van der Waals surface area contributed by atoms with Gasteiger partial charge >= 0.3 is 0 Å². The molecule has 5 heteroatoms. The average molecular weight is 305 g/mol. The van der Waals surface area contributed by atoms with Crippen molar-refractivity contribution in [3.8, 4) is 5.75 Å². The molecule has 1 aromatic rings. The van der Waals surface area contributed by atoms with Gasteiger partial charge in [0.2, 0.25) is 0 Å². The standard InChI is InChI=1S/C16H23N3OS/c1-12(14-10-6-7-11-15(14)20-2)18-19-16(21)17-13-8-4-3-5-9-13/h6-7,10-11,13H,3-5,8-9H2,1-2H3,(H2,17,19,21)/b18-12-. The van der Waals surface area contributed by atoms with E-state index in [4.69, 9.17) is 17.0 Å². The number of hydrogen-bond acceptors (Lipinski definition) is 3. The van der Waals surface area contributed by atoms with Crippen molar-refractivity contribution < 1.29 is 4.74 Å². The van der Waals surface area contributed by atoms with Gasteiger partial charge in [-0.2, -0.15) is 5.10 Å². The zero-order chi connectivity index (χ0) is 15.1. The highest BCUT2D eigenvalue weighted by Crippen LogP contribution is 2.18. The third kappa shape index (κ3) is 4.70. The van der Waals surface area contributed by atoms with Gasteiger partial charge in [0.25, 0.3) is 0 Å². The molecule has 0 spiro atoms. The maximum absolute atomic E-state index is 5.34. The summed E-state index contributed by atoms with van der Waals surface area (Å²) in [6, 6.07) is 8.30. The summed E-state index contributed by atoms with van der Waals surface area (Å²) in [4.78, 5) is 0. The highest BCUT2D eigenvalue weighted by atomic mass is 32.1. The van der Waals surface area contributed by atoms with Gasteiger partial charge in [0, 0.05) is 11.6 Å². The Bertz CT molecular complexity index is 510. The van der Waals surface area contributed by atoms with Gasteiger partial charge in [0.1, 0.15) is 5.75 Å². The van der Waals surface area contributed by atoms with Crippen LogP contribution >= 0.6 is 12.2 Å². The number of methoxy groups -OCH3 is 1. The van der Waals surface area contributed by atoms with Crippen LogP contribution in [-0.4, -0.2) is 24.0 Å². The Kier molecular flexibility index (Phi) is 5.99. The van der Waals surface area contributed by atoms with E-state index in [9.17, 15) is 0 Å². The molecule has 2 rings (SSSR count). The van der Waals surface area contributed by atoms with Gasteiger partial charge in [0.05, 0.1) is 12.8 Å². The van der Waals surface area contributed by atoms with Gasteiger partial charge in [0.15, 0.2) is 5.11 Å². The van der Waals surface area contributed by atoms with Gasteiger partial charge in [-0.05, 0) is 44.1 Å². The summed E-state index contributed by atoms with van der Waals surface area (Å²) >= 11 is 5.30. The predicted molar refractivity (Wildman–Crippen MR) is 90.9 cm³/mol. The Balaban J connectivity index is 1.91. The normalized spacial score (nSPS) is 16.4. The van der Waals surface area contributed by atoms with Crippen molar-refractivity contribution in [3.05, 3.63) is 29.8 Å². The number of ether oxygens (including phenoxy) is 1. The number of thiocarbonyl (C=S) groups is 1. The van der Waals surface area contributed by atoms with Crippen LogP contribution < -0.4 is 15.5 Å². The minimum absolute atomic E-state index is 0.487. The number of rotatable bonds is 4. The van der Waals surface area contributed by atoms with E-state index in [0.29, 0.717) is 11.2 Å². The topological polar surface area (TPSA) is 45.6 Å². The van der Waals surface area contributed by atoms with Gasteiger partial charge < -0.3 is 10.1 Å². The monoisotopic (exact) mass is 305 g/mol. The number of nitrogens with one attached hydrogen (secondary N) is 2. The van der Waals surface area contributed by atoms with Crippen LogP contribution in [0.3, 0.4) is 0 Å². The van der Waals surface area contributed by atoms with Crippen molar-refractivity contribution >= 4 is 23.0 Å². The van der Waals surface area contributed by atoms with Crippen molar-refractivity contribution in [1.29, 1.82) is 0 Å². The average Bonchev–Trinajstić information content (AvgIpc) is 2.53. The van der Waals surface area contributed by atoms with E-state index in [1.807, 2.05) is 31.2 Å². The Labute approximate surface area is 132 Å². The molecule has 2 N–H and O–H groups in total. The van der Waals surface area contributed by atoms with E-state index in [0.717, 1.165) is 17.0 Å². The molecule has 4 nitrogen and oxygen atoms in total. The van der Waals surface area contributed by atoms with Crippen molar-refractivity contribution in [3.63, 3.8) is 0 Å². The molecule has 0 aliphatic heterocycles. The molecule has 1 aliphatic rings. The van der Waals surface area contributed by atoms with Crippen LogP contribution in [0.15, 0.2) is 29.4 Å². The first kappa shape index (κ1) is 15.8. The van der Waals surface area contributed by atoms with Crippen molar-refractivity contribution in [2.24, 2.45) is 5.10 Å². The summed E-state index contributed by atoms with van der Waals surface area (Å²) in [6.45, 7) is 1.94. The molecule has 0 saturated heterocycles. The Morgan fingerprint density at radius 3 is 2.67 bits per heavy atom. The number of benzene rings is 1. The lowest BCUT2D eigenvalue weighted by molar-refractivity contribution is 0.412. The smallest absolute Gasteiger partial charge is 0.187 e. The lowest BCUT2D eigenvalue weighted by Gasteiger charge is -2.23. The van der Waals surface area contributed by atoms with Crippen LogP contribution in [-0.2, 0) is 0 Å². The van der Waals surface area contributed by atoms with E-state index >= 15 is 0 Å². The minimum Gasteiger partial charge on any atom is -0.496 e. The molecular formula is C16H23N3OS. The van der Waals surface area contributed by atoms with Gasteiger partial charge in [-0.25, -0.2) is 0 Å². The maximum Gasteiger partial charge on any atom is 0.187 e. The second-order valence-electron chi connectivity index (χ2n) is 5.32. The molecule has 0 unspecified atom stereocenters. The van der Waals surface area contributed by atoms with Crippen molar-refractivity contribution in [1.82, 2.24) is 10.7 Å². The number of para-hydroxylation sites is 1. The summed E-state index contributed by atoms with van der Waals surface area (Å²) in [6.07, 6.45) is 6.28. The van der Waals surface area contributed by atoms with Crippen LogP contribution in [0, 0.1) is 0 Å². The lowest BCUT2D eigenvalue weighted by atomic mass is 9.96. The van der Waals surface area contributed by atoms with Gasteiger partial charge in [-0.15, -0.1) is 0 Å². The predicted octanol–water partition coefficient (Wildman–Crippen LogP) is 3.22. The maximum atomic E-state index is 5.34. The lowest BCUT2D eigenvalue weighted by Crippen LogP contribution is -2.41. The molecule has 0 bridgehead atoms. The Morgan fingerprint density at radius 1 is 1.24 bits per heavy atom. The summed E-state index contributed by atoms with van der Waals surface area (Å²) in [7, 11) is 1.66. The van der Waals surface area contributed by atoms with E-state index in [1.165, 1.54) is 32.1 Å². The Hall–Kier alpha value is -1.62. The molecule has 1 aromatic carbocycles. The molecule has 1 fully saturated rings. The van der Waals surface area contributed by atoms with E-state index in [2.05, 4.69) is 15.8 Å². The number of hydrazone groups is 1. The van der Waals surface area contributed by atoms with Crippen LogP contribution in [0.4, 0.5) is 0 Å². The molecule has 1 saturated carbocycles. The zero-order valence-corrected chi connectivity index (χ0v) is 13.5. The van der Waals surface area contributed by atoms with Crippen molar-refractivity contribution in [2.75, 3.05) is 7.11 Å². The molecule has 0 radical (unpaired) electrons. The largest absolute Gasteiger partial charge is 0.496 e. The summed E-state index contributed by atoms with van der Waals surface area (Å²) in [5, 5.41) is 8.28. The minimum atomic E-state index is 0.487. The second-order valence-corrected chi connectivity index (χ2v) is 5.73. The molecule has 21 heavy (non-hydrogen) atoms. The second kappa shape index (κ2) is 7.98. The molecule has 0 atom stereocenters. The summed E-state index contributed by atoms with van der Waals surface area (Å²) in [5.41, 5.74) is 4.75. The van der Waals surface area contributed by atoms with Crippen LogP contribution in [0.1, 0.15) is 44.6 Å². The Morgan fingerprint density at radius 2 is 1.95 bits per heavy atom. The molecule has 114 valence electrons. The van der Waals surface area contributed by atoms with E-state index < -0.39 is 0 Å². The zero-order valence-electron chi connectivity index (χ0n) is 12.7. The molecule has 0 aromatic heterocycles. The SMILES string of the molecule is COc1ccccc1/C(C)=N\NC(=S)NC1CCCCC1. The fraction of sp³-hybridized carbons (Fsp3) is 0.500. The molecule has 1 aliphatic carbocycles. The third-order valence-electron chi connectivity index (χ3n) is 3.76. The van der Waals surface area contributed by atoms with Crippen molar-refractivity contribution in [2.45, 2.75) is 45.1 Å². The first-order valence-corrected chi connectivity index (χ1v) is 7.85.